The van der Waals surface area contributed by atoms with E-state index in [-0.39, 0.29) is 0 Å². The maximum Gasteiger partial charge on any atom is 0.0619 e. The Morgan fingerprint density at radius 1 is 0.283 bits per heavy atom. The fourth-order valence-electron chi connectivity index (χ4n) is 8.94. The van der Waals surface area contributed by atoms with E-state index in [1.807, 2.05) is 0 Å². The van der Waals surface area contributed by atoms with E-state index in [1.54, 1.807) is 0 Å². The van der Waals surface area contributed by atoms with E-state index < -0.39 is 0 Å². The molecule has 0 atom stereocenters. The molecule has 11 rings (SSSR count). The van der Waals surface area contributed by atoms with Gasteiger partial charge in [0.15, 0.2) is 0 Å². The third-order valence-electron chi connectivity index (χ3n) is 11.8. The minimum Gasteiger partial charge on any atom is -0.310 e. The Kier molecular flexibility index (Phi) is 8.87. The van der Waals surface area contributed by atoms with Crippen LogP contribution in [0.3, 0.4) is 0 Å². The fraction of sp³-hybridized carbons (Fsp3) is 0. The number of benzene rings is 10. The zero-order valence-corrected chi connectivity index (χ0v) is 33.0. The van der Waals surface area contributed by atoms with Gasteiger partial charge < -0.3 is 9.47 Å². The summed E-state index contributed by atoms with van der Waals surface area (Å²) < 4.78 is 2.44. The Balaban J connectivity index is 1.01. The normalized spacial score (nSPS) is 11.3. The van der Waals surface area contributed by atoms with Crippen molar-refractivity contribution in [1.82, 2.24) is 4.57 Å². The zero-order chi connectivity index (χ0) is 39.8. The highest BCUT2D eigenvalue weighted by atomic mass is 15.1. The molecule has 0 aliphatic rings. The molecule has 1 heterocycles. The van der Waals surface area contributed by atoms with Crippen molar-refractivity contribution in [2.24, 2.45) is 0 Å². The molecule has 0 aliphatic heterocycles. The molecule has 0 bridgehead atoms. The van der Waals surface area contributed by atoms with Crippen LogP contribution in [0.5, 0.6) is 0 Å². The lowest BCUT2D eigenvalue weighted by atomic mass is 9.97. The van der Waals surface area contributed by atoms with Crippen molar-refractivity contribution >= 4 is 49.6 Å². The highest BCUT2D eigenvalue weighted by Gasteiger charge is 2.18. The van der Waals surface area contributed by atoms with Crippen molar-refractivity contribution in [1.29, 1.82) is 0 Å². The minimum atomic E-state index is 1.09. The number of anilines is 3. The van der Waals surface area contributed by atoms with Gasteiger partial charge in [-0.25, -0.2) is 0 Å². The van der Waals surface area contributed by atoms with Crippen molar-refractivity contribution < 1.29 is 0 Å². The average molecular weight is 765 g/mol. The predicted molar refractivity (Wildman–Crippen MR) is 255 cm³/mol. The second-order valence-electron chi connectivity index (χ2n) is 15.3. The van der Waals surface area contributed by atoms with Crippen LogP contribution in [0.4, 0.5) is 17.1 Å². The minimum absolute atomic E-state index is 1.09. The number of aromatic nitrogens is 1. The molecule has 1 aromatic heterocycles. The number of nitrogens with zero attached hydrogens (tertiary/aromatic N) is 2. The van der Waals surface area contributed by atoms with Crippen molar-refractivity contribution in [2.75, 3.05) is 4.90 Å². The predicted octanol–water partition coefficient (Wildman–Crippen LogP) is 16.1. The number of fused-ring (bicyclic) bond motifs is 4. The van der Waals surface area contributed by atoms with E-state index in [4.69, 9.17) is 0 Å². The molecule has 0 saturated carbocycles. The highest BCUT2D eigenvalue weighted by Crippen LogP contribution is 2.41. The van der Waals surface area contributed by atoms with Crippen molar-refractivity contribution in [2.45, 2.75) is 0 Å². The molecule has 0 unspecified atom stereocenters. The first-order valence-electron chi connectivity index (χ1n) is 20.6. The van der Waals surface area contributed by atoms with Crippen molar-refractivity contribution in [3.05, 3.63) is 243 Å². The molecular weight excluding hydrogens is 725 g/mol. The molecule has 11 aromatic rings. The highest BCUT2D eigenvalue weighted by molar-refractivity contribution is 6.13. The molecule has 60 heavy (non-hydrogen) atoms. The van der Waals surface area contributed by atoms with Gasteiger partial charge in [-0.2, -0.15) is 0 Å². The Morgan fingerprint density at radius 3 is 1.57 bits per heavy atom. The number of hydrogen-bond acceptors (Lipinski definition) is 1. The lowest BCUT2D eigenvalue weighted by Crippen LogP contribution is -2.10. The van der Waals surface area contributed by atoms with Crippen LogP contribution in [-0.4, -0.2) is 4.57 Å². The molecule has 0 fully saturated rings. The van der Waals surface area contributed by atoms with E-state index in [2.05, 4.69) is 252 Å². The quantitative estimate of drug-likeness (QED) is 0.150. The van der Waals surface area contributed by atoms with Gasteiger partial charge >= 0.3 is 0 Å². The van der Waals surface area contributed by atoms with E-state index in [9.17, 15) is 0 Å². The average Bonchev–Trinajstić information content (AvgIpc) is 3.67. The van der Waals surface area contributed by atoms with Gasteiger partial charge in [-0.15, -0.1) is 0 Å². The molecule has 282 valence electrons. The van der Waals surface area contributed by atoms with Crippen LogP contribution in [0, 0.1) is 0 Å². The number of rotatable bonds is 8. The summed E-state index contributed by atoms with van der Waals surface area (Å²) in [5, 5.41) is 4.99. The first-order chi connectivity index (χ1) is 29.8. The van der Waals surface area contributed by atoms with Crippen molar-refractivity contribution in [3.63, 3.8) is 0 Å². The van der Waals surface area contributed by atoms with Gasteiger partial charge in [0.2, 0.25) is 0 Å². The maximum atomic E-state index is 2.44. The lowest BCUT2D eigenvalue weighted by molar-refractivity contribution is 1.18. The third kappa shape index (κ3) is 6.32. The second-order valence-corrected chi connectivity index (χ2v) is 15.3. The van der Waals surface area contributed by atoms with E-state index in [0.29, 0.717) is 0 Å². The zero-order valence-electron chi connectivity index (χ0n) is 33.0. The second kappa shape index (κ2) is 15.1. The van der Waals surface area contributed by atoms with Crippen molar-refractivity contribution in [3.8, 4) is 50.2 Å². The van der Waals surface area contributed by atoms with Gasteiger partial charge in [0.25, 0.3) is 0 Å². The van der Waals surface area contributed by atoms with Gasteiger partial charge in [-0.3, -0.25) is 0 Å². The van der Waals surface area contributed by atoms with Gasteiger partial charge in [-0.1, -0.05) is 188 Å². The largest absolute Gasteiger partial charge is 0.310 e. The van der Waals surface area contributed by atoms with Gasteiger partial charge in [0.05, 0.1) is 11.0 Å². The van der Waals surface area contributed by atoms with Gasteiger partial charge in [0, 0.05) is 39.1 Å². The summed E-state index contributed by atoms with van der Waals surface area (Å²) in [5.74, 6) is 0. The molecule has 0 saturated heterocycles. The Bertz CT molecular complexity index is 3280. The summed E-state index contributed by atoms with van der Waals surface area (Å²) in [6.07, 6.45) is 0. The molecule has 0 aliphatic carbocycles. The molecule has 0 radical (unpaired) electrons. The van der Waals surface area contributed by atoms with Gasteiger partial charge in [0.1, 0.15) is 0 Å². The number of para-hydroxylation sites is 2. The molecule has 0 spiro atoms. The first-order valence-corrected chi connectivity index (χ1v) is 20.6. The Hall–Kier alpha value is -7.94. The van der Waals surface area contributed by atoms with Crippen LogP contribution in [0.1, 0.15) is 0 Å². The third-order valence-corrected chi connectivity index (χ3v) is 11.8. The molecule has 0 amide bonds. The molecule has 2 nitrogen and oxygen atoms in total. The molecule has 0 N–H and O–H groups in total. The monoisotopic (exact) mass is 764 g/mol. The molecule has 10 aromatic carbocycles. The summed E-state index contributed by atoms with van der Waals surface area (Å²) >= 11 is 0. The van der Waals surface area contributed by atoms with Crippen LogP contribution >= 0.6 is 0 Å². The Labute approximate surface area is 350 Å². The van der Waals surface area contributed by atoms with Crippen LogP contribution in [0.15, 0.2) is 243 Å². The lowest BCUT2D eigenvalue weighted by Gasteiger charge is -2.26. The standard InChI is InChI=1S/C58H40N2/c1-3-15-41(16-4-1)42-31-35-48(36-32-42)59(50-23-12-22-47(40-50)53-27-13-20-44-19-7-8-25-52(44)53)49-37-33-43(34-38-49)46-21-11-24-51(39-46)60-57-30-10-9-26-55(57)56-29-14-28-54(58(56)60)45-17-5-2-6-18-45/h1-40H. The topological polar surface area (TPSA) is 8.17 Å². The summed E-state index contributed by atoms with van der Waals surface area (Å²) in [7, 11) is 0. The maximum absolute atomic E-state index is 2.44. The Morgan fingerprint density at radius 2 is 0.800 bits per heavy atom. The fourth-order valence-corrected chi connectivity index (χ4v) is 8.94. The SMILES string of the molecule is c1ccc(-c2ccc(N(c3ccc(-c4cccc(-n5c6ccccc6c6cccc(-c7ccccc7)c65)c4)cc3)c3cccc(-c4cccc5ccccc45)c3)cc2)cc1. The smallest absolute Gasteiger partial charge is 0.0619 e. The summed E-state index contributed by atoms with van der Waals surface area (Å²) in [6, 6.07) is 87.8. The summed E-state index contributed by atoms with van der Waals surface area (Å²) in [5.41, 5.74) is 16.4. The summed E-state index contributed by atoms with van der Waals surface area (Å²) in [6.45, 7) is 0. The van der Waals surface area contributed by atoms with Crippen LogP contribution < -0.4 is 4.90 Å². The van der Waals surface area contributed by atoms with Crippen LogP contribution in [0.25, 0.3) is 82.8 Å². The molecule has 2 heteroatoms. The van der Waals surface area contributed by atoms with Gasteiger partial charge in [-0.05, 0) is 104 Å². The van der Waals surface area contributed by atoms with Crippen LogP contribution in [0.2, 0.25) is 0 Å². The van der Waals surface area contributed by atoms with E-state index in [1.165, 1.54) is 71.5 Å². The van der Waals surface area contributed by atoms with E-state index in [0.717, 1.165) is 28.3 Å². The molecular formula is C58H40N2. The van der Waals surface area contributed by atoms with Crippen LogP contribution in [-0.2, 0) is 0 Å². The number of hydrogen-bond donors (Lipinski definition) is 0. The summed E-state index contributed by atoms with van der Waals surface area (Å²) in [4.78, 5) is 2.37. The van der Waals surface area contributed by atoms with E-state index >= 15 is 0 Å². The first kappa shape index (κ1) is 35.2.